The van der Waals surface area contributed by atoms with Gasteiger partial charge in [0.1, 0.15) is 0 Å². The second-order valence-electron chi connectivity index (χ2n) is 6.91. The quantitative estimate of drug-likeness (QED) is 0.850. The largest absolute Gasteiger partial charge is 0.329 e. The topological polar surface area (TPSA) is 29.3 Å². The van der Waals surface area contributed by atoms with E-state index < -0.39 is 0 Å². The first-order valence-corrected chi connectivity index (χ1v) is 7.28. The first kappa shape index (κ1) is 16.2. The molecule has 0 radical (unpaired) electrons. The lowest BCUT2D eigenvalue weighted by molar-refractivity contribution is 0.163. The van der Waals surface area contributed by atoms with E-state index >= 15 is 0 Å². The molecule has 0 heterocycles. The third kappa shape index (κ3) is 5.75. The second kappa shape index (κ2) is 7.06. The molecule has 2 atom stereocenters. The van der Waals surface area contributed by atoms with Crippen LogP contribution in [0.5, 0.6) is 0 Å². The molecule has 1 aromatic rings. The van der Waals surface area contributed by atoms with Crippen LogP contribution in [0.25, 0.3) is 0 Å². The highest BCUT2D eigenvalue weighted by molar-refractivity contribution is 5.18. The lowest BCUT2D eigenvalue weighted by atomic mass is 9.91. The summed E-state index contributed by atoms with van der Waals surface area (Å²) >= 11 is 0. The highest BCUT2D eigenvalue weighted by atomic mass is 15.1. The van der Waals surface area contributed by atoms with E-state index in [1.807, 2.05) is 0 Å². The third-order valence-electron chi connectivity index (χ3n) is 3.61. The molecule has 0 amide bonds. The lowest BCUT2D eigenvalue weighted by Gasteiger charge is -2.34. The van der Waals surface area contributed by atoms with Gasteiger partial charge in [0.15, 0.2) is 0 Å². The minimum absolute atomic E-state index is 0.318. The summed E-state index contributed by atoms with van der Waals surface area (Å²) in [5, 5.41) is 0. The Hall–Kier alpha value is -0.860. The maximum absolute atomic E-state index is 5.98. The van der Waals surface area contributed by atoms with Crippen LogP contribution < -0.4 is 5.73 Å². The number of hydrogen-bond acceptors (Lipinski definition) is 2. The highest BCUT2D eigenvalue weighted by Crippen LogP contribution is 2.23. The fourth-order valence-corrected chi connectivity index (χ4v) is 2.66. The van der Waals surface area contributed by atoms with E-state index in [0.29, 0.717) is 17.4 Å². The Morgan fingerprint density at radius 3 is 2.21 bits per heavy atom. The zero-order valence-corrected chi connectivity index (χ0v) is 13.2. The van der Waals surface area contributed by atoms with Gasteiger partial charge in [-0.15, -0.1) is 0 Å². The van der Waals surface area contributed by atoms with Crippen molar-refractivity contribution in [2.75, 3.05) is 20.1 Å². The Morgan fingerprint density at radius 2 is 1.74 bits per heavy atom. The van der Waals surface area contributed by atoms with Crippen molar-refractivity contribution in [3.63, 3.8) is 0 Å². The van der Waals surface area contributed by atoms with E-state index in [2.05, 4.69) is 70.0 Å². The van der Waals surface area contributed by atoms with Gasteiger partial charge in [0.25, 0.3) is 0 Å². The van der Waals surface area contributed by atoms with Gasteiger partial charge in [-0.05, 0) is 30.4 Å². The summed E-state index contributed by atoms with van der Waals surface area (Å²) in [5.41, 5.74) is 7.70. The lowest BCUT2D eigenvalue weighted by Crippen LogP contribution is -2.42. The average molecular weight is 262 g/mol. The normalized spacial score (nSPS) is 15.5. The first-order chi connectivity index (χ1) is 8.83. The van der Waals surface area contributed by atoms with E-state index in [4.69, 9.17) is 5.73 Å². The monoisotopic (exact) mass is 262 g/mol. The van der Waals surface area contributed by atoms with Crippen LogP contribution >= 0.6 is 0 Å². The smallest absolute Gasteiger partial charge is 0.0221 e. The summed E-state index contributed by atoms with van der Waals surface area (Å²) in [6.45, 7) is 10.9. The molecule has 0 fully saturated rings. The predicted molar refractivity (Wildman–Crippen MR) is 84.4 cm³/mol. The summed E-state index contributed by atoms with van der Waals surface area (Å²) in [6.07, 6.45) is 1.12. The maximum Gasteiger partial charge on any atom is 0.0221 e. The van der Waals surface area contributed by atoms with Crippen molar-refractivity contribution < 1.29 is 0 Å². The summed E-state index contributed by atoms with van der Waals surface area (Å²) in [6, 6.07) is 11.2. The maximum atomic E-state index is 5.98. The first-order valence-electron chi connectivity index (χ1n) is 7.28. The van der Waals surface area contributed by atoms with E-state index in [-0.39, 0.29) is 0 Å². The van der Waals surface area contributed by atoms with E-state index in [9.17, 15) is 0 Å². The molecule has 2 heteroatoms. The molecule has 0 aliphatic carbocycles. The number of likely N-dealkylation sites (N-methyl/N-ethyl adjacent to an activating group) is 1. The Balaban J connectivity index is 2.61. The van der Waals surface area contributed by atoms with Crippen LogP contribution in [0.4, 0.5) is 0 Å². The average Bonchev–Trinajstić information content (AvgIpc) is 2.34. The molecule has 2 unspecified atom stereocenters. The summed E-state index contributed by atoms with van der Waals surface area (Å²) in [7, 11) is 2.19. The fraction of sp³-hybridized carbons (Fsp3) is 0.647. The van der Waals surface area contributed by atoms with Crippen molar-refractivity contribution in [1.82, 2.24) is 4.90 Å². The fourth-order valence-electron chi connectivity index (χ4n) is 2.66. The Kier molecular flexibility index (Phi) is 6.02. The Labute approximate surface area is 119 Å². The van der Waals surface area contributed by atoms with E-state index in [0.717, 1.165) is 19.5 Å². The van der Waals surface area contributed by atoms with Crippen LogP contribution in [-0.4, -0.2) is 31.1 Å². The zero-order valence-electron chi connectivity index (χ0n) is 13.2. The number of nitrogens with zero attached hydrogens (tertiary/aromatic N) is 1. The van der Waals surface area contributed by atoms with E-state index in [1.165, 1.54) is 5.56 Å². The van der Waals surface area contributed by atoms with Gasteiger partial charge in [-0.3, -0.25) is 0 Å². The molecule has 0 aliphatic heterocycles. The molecule has 0 saturated carbocycles. The van der Waals surface area contributed by atoms with Gasteiger partial charge in [0.2, 0.25) is 0 Å². The van der Waals surface area contributed by atoms with Gasteiger partial charge in [-0.25, -0.2) is 0 Å². The van der Waals surface area contributed by atoms with Crippen molar-refractivity contribution in [1.29, 1.82) is 0 Å². The zero-order chi connectivity index (χ0) is 14.5. The molecule has 0 bridgehead atoms. The van der Waals surface area contributed by atoms with Crippen LogP contribution in [-0.2, 0) is 0 Å². The second-order valence-corrected chi connectivity index (χ2v) is 6.91. The standard InChI is InChI=1S/C17H30N2/c1-14(15-9-7-6-8-10-15)11-16(12-18)19(5)13-17(2,3)4/h6-10,14,16H,11-13,18H2,1-5H3. The summed E-state index contributed by atoms with van der Waals surface area (Å²) in [5.74, 6) is 0.553. The molecule has 1 rings (SSSR count). The molecule has 108 valence electrons. The summed E-state index contributed by atoms with van der Waals surface area (Å²) in [4.78, 5) is 2.42. The number of rotatable bonds is 6. The van der Waals surface area contributed by atoms with E-state index in [1.54, 1.807) is 0 Å². The third-order valence-corrected chi connectivity index (χ3v) is 3.61. The molecule has 0 aliphatic rings. The number of hydrogen-bond donors (Lipinski definition) is 1. The summed E-state index contributed by atoms with van der Waals surface area (Å²) < 4.78 is 0. The SMILES string of the molecule is CC(CC(CN)N(C)CC(C)(C)C)c1ccccc1. The Morgan fingerprint density at radius 1 is 1.16 bits per heavy atom. The van der Waals surface area contributed by atoms with Crippen LogP contribution in [0.1, 0.15) is 45.6 Å². The van der Waals surface area contributed by atoms with Crippen LogP contribution in [0.3, 0.4) is 0 Å². The number of nitrogens with two attached hydrogens (primary N) is 1. The van der Waals surface area contributed by atoms with Gasteiger partial charge in [0, 0.05) is 19.1 Å². The highest BCUT2D eigenvalue weighted by Gasteiger charge is 2.21. The molecule has 1 aromatic carbocycles. The van der Waals surface area contributed by atoms with Crippen molar-refractivity contribution in [2.24, 2.45) is 11.1 Å². The molecule has 2 N–H and O–H groups in total. The van der Waals surface area contributed by atoms with Crippen LogP contribution in [0.15, 0.2) is 30.3 Å². The molecule has 19 heavy (non-hydrogen) atoms. The molecule has 0 saturated heterocycles. The van der Waals surface area contributed by atoms with Gasteiger partial charge in [0.05, 0.1) is 0 Å². The molecule has 2 nitrogen and oxygen atoms in total. The van der Waals surface area contributed by atoms with Crippen molar-refractivity contribution in [3.05, 3.63) is 35.9 Å². The molecule has 0 spiro atoms. The van der Waals surface area contributed by atoms with Crippen LogP contribution in [0.2, 0.25) is 0 Å². The number of benzene rings is 1. The van der Waals surface area contributed by atoms with Crippen molar-refractivity contribution in [2.45, 2.75) is 46.1 Å². The van der Waals surface area contributed by atoms with Crippen molar-refractivity contribution in [3.8, 4) is 0 Å². The molecular weight excluding hydrogens is 232 g/mol. The van der Waals surface area contributed by atoms with Gasteiger partial charge in [-0.1, -0.05) is 58.0 Å². The predicted octanol–water partition coefficient (Wildman–Crippen LogP) is 3.49. The Bertz CT molecular complexity index is 353. The molecule has 0 aromatic heterocycles. The minimum atomic E-state index is 0.318. The van der Waals surface area contributed by atoms with Gasteiger partial charge < -0.3 is 10.6 Å². The minimum Gasteiger partial charge on any atom is -0.329 e. The van der Waals surface area contributed by atoms with Crippen molar-refractivity contribution >= 4 is 0 Å². The molecular formula is C17H30N2. The van der Waals surface area contributed by atoms with Crippen LogP contribution in [0, 0.1) is 5.41 Å². The van der Waals surface area contributed by atoms with Gasteiger partial charge in [-0.2, -0.15) is 0 Å². The van der Waals surface area contributed by atoms with Gasteiger partial charge >= 0.3 is 0 Å².